The van der Waals surface area contributed by atoms with Gasteiger partial charge in [0.2, 0.25) is 0 Å². The number of hydrogen-bond acceptors (Lipinski definition) is 12. The SMILES string of the molecule is CC(C)OC(=O)C(CCO[P@]1(=O)OC[C@H]2O[C@@H](n3cnc4c(N)ccnc43)[C@](C)(Cl)[C@@H]2O1)C(=O)OC(C)C. The van der Waals surface area contributed by atoms with E-state index in [4.69, 9.17) is 45.1 Å². The maximum absolute atomic E-state index is 13.3. The van der Waals surface area contributed by atoms with Crippen molar-refractivity contribution < 1.29 is 41.9 Å². The lowest BCUT2D eigenvalue weighted by Gasteiger charge is -2.34. The molecule has 4 heterocycles. The maximum atomic E-state index is 13.3. The van der Waals surface area contributed by atoms with E-state index in [0.29, 0.717) is 16.9 Å². The van der Waals surface area contributed by atoms with E-state index in [0.717, 1.165) is 0 Å². The summed E-state index contributed by atoms with van der Waals surface area (Å²) < 4.78 is 48.0. The summed E-state index contributed by atoms with van der Waals surface area (Å²) in [6.07, 6.45) is -0.321. The molecule has 0 saturated carbocycles. The first kappa shape index (κ1) is 28.7. The second-order valence-corrected chi connectivity index (χ2v) is 12.3. The lowest BCUT2D eigenvalue weighted by atomic mass is 10.0. The van der Waals surface area contributed by atoms with E-state index in [1.807, 2.05) is 0 Å². The number of imidazole rings is 1. The maximum Gasteiger partial charge on any atom is 0.475 e. The van der Waals surface area contributed by atoms with Gasteiger partial charge in [-0.05, 0) is 47.1 Å². The topological polar surface area (TPSA) is 163 Å². The Morgan fingerprint density at radius 1 is 1.24 bits per heavy atom. The number of hydrogen-bond donors (Lipinski definition) is 1. The second-order valence-electron chi connectivity index (χ2n) is 9.82. The van der Waals surface area contributed by atoms with Gasteiger partial charge < -0.3 is 19.9 Å². The second kappa shape index (κ2) is 11.1. The van der Waals surface area contributed by atoms with Crippen molar-refractivity contribution in [2.24, 2.45) is 5.92 Å². The van der Waals surface area contributed by atoms with Crippen molar-refractivity contribution in [3.8, 4) is 0 Å². The zero-order chi connectivity index (χ0) is 27.8. The van der Waals surface area contributed by atoms with Crippen molar-refractivity contribution in [2.75, 3.05) is 18.9 Å². The molecule has 0 aliphatic carbocycles. The first-order valence-electron chi connectivity index (χ1n) is 12.2. The zero-order valence-corrected chi connectivity index (χ0v) is 23.4. The lowest BCUT2D eigenvalue weighted by Crippen LogP contribution is -2.44. The predicted octanol–water partition coefficient (Wildman–Crippen LogP) is 3.36. The molecule has 38 heavy (non-hydrogen) atoms. The van der Waals surface area contributed by atoms with Crippen molar-refractivity contribution in [3.05, 3.63) is 18.6 Å². The van der Waals surface area contributed by atoms with E-state index in [2.05, 4.69) is 9.97 Å². The van der Waals surface area contributed by atoms with E-state index in [1.54, 1.807) is 51.4 Å². The summed E-state index contributed by atoms with van der Waals surface area (Å²) in [6, 6.07) is 1.63. The Morgan fingerprint density at radius 2 is 1.89 bits per heavy atom. The summed E-state index contributed by atoms with van der Waals surface area (Å²) >= 11 is 6.92. The van der Waals surface area contributed by atoms with Crippen LogP contribution in [0.15, 0.2) is 18.6 Å². The third-order valence-electron chi connectivity index (χ3n) is 5.99. The monoisotopic (exact) mass is 574 g/mol. The largest absolute Gasteiger partial charge is 0.475 e. The molecule has 4 rings (SSSR count). The van der Waals surface area contributed by atoms with Crippen molar-refractivity contribution in [3.63, 3.8) is 0 Å². The fourth-order valence-electron chi connectivity index (χ4n) is 4.28. The summed E-state index contributed by atoms with van der Waals surface area (Å²) in [4.78, 5) is 32.4. The molecule has 0 bridgehead atoms. The van der Waals surface area contributed by atoms with Crippen LogP contribution in [0.25, 0.3) is 11.2 Å². The minimum Gasteiger partial charge on any atom is -0.462 e. The van der Waals surface area contributed by atoms with Gasteiger partial charge in [0, 0.05) is 6.20 Å². The fourth-order valence-corrected chi connectivity index (χ4v) is 6.17. The van der Waals surface area contributed by atoms with Gasteiger partial charge in [0.15, 0.2) is 17.8 Å². The number of aromatic nitrogens is 3. The van der Waals surface area contributed by atoms with Gasteiger partial charge >= 0.3 is 19.8 Å². The van der Waals surface area contributed by atoms with Gasteiger partial charge in [-0.15, -0.1) is 11.6 Å². The van der Waals surface area contributed by atoms with Crippen LogP contribution in [0.5, 0.6) is 0 Å². The molecule has 2 N–H and O–H groups in total. The molecule has 210 valence electrons. The number of halogens is 1. The van der Waals surface area contributed by atoms with Crippen LogP contribution >= 0.6 is 19.4 Å². The molecular formula is C23H32ClN4O9P. The molecule has 13 nitrogen and oxygen atoms in total. The lowest BCUT2D eigenvalue weighted by molar-refractivity contribution is -0.167. The number of ether oxygens (including phenoxy) is 3. The normalized spacial score (nSPS) is 29.2. The predicted molar refractivity (Wildman–Crippen MR) is 135 cm³/mol. The molecule has 0 radical (unpaired) electrons. The number of alkyl halides is 1. The molecule has 0 spiro atoms. The molecule has 0 unspecified atom stereocenters. The highest BCUT2D eigenvalue weighted by Crippen LogP contribution is 2.60. The number of fused-ring (bicyclic) bond motifs is 2. The molecule has 2 aromatic rings. The summed E-state index contributed by atoms with van der Waals surface area (Å²) in [6.45, 7) is 7.89. The van der Waals surface area contributed by atoms with Gasteiger partial charge in [0.1, 0.15) is 22.6 Å². The Bertz CT molecular complexity index is 1210. The molecule has 15 heteroatoms. The Morgan fingerprint density at radius 3 is 2.53 bits per heavy atom. The number of phosphoric ester groups is 1. The molecule has 2 aliphatic heterocycles. The van der Waals surface area contributed by atoms with Crippen LogP contribution in [0.1, 0.15) is 47.3 Å². The Kier molecular flexibility index (Phi) is 8.37. The molecule has 0 aromatic carbocycles. The van der Waals surface area contributed by atoms with Crippen molar-refractivity contribution >= 4 is 48.2 Å². The van der Waals surface area contributed by atoms with E-state index in [-0.39, 0.29) is 19.6 Å². The highest BCUT2D eigenvalue weighted by Gasteiger charge is 2.60. The van der Waals surface area contributed by atoms with Crippen LogP contribution in [-0.2, 0) is 41.9 Å². The van der Waals surface area contributed by atoms with Gasteiger partial charge in [-0.3, -0.25) is 27.7 Å². The van der Waals surface area contributed by atoms with Crippen LogP contribution < -0.4 is 5.73 Å². The van der Waals surface area contributed by atoms with Crippen LogP contribution in [0.3, 0.4) is 0 Å². The highest BCUT2D eigenvalue weighted by atomic mass is 35.5. The smallest absolute Gasteiger partial charge is 0.462 e. The molecule has 2 fully saturated rings. The third kappa shape index (κ3) is 5.83. The first-order valence-corrected chi connectivity index (χ1v) is 14.1. The zero-order valence-electron chi connectivity index (χ0n) is 21.7. The van der Waals surface area contributed by atoms with Crippen molar-refractivity contribution in [1.82, 2.24) is 14.5 Å². The summed E-state index contributed by atoms with van der Waals surface area (Å²) in [5, 5.41) is 0. The van der Waals surface area contributed by atoms with Gasteiger partial charge in [0.25, 0.3) is 0 Å². The summed E-state index contributed by atoms with van der Waals surface area (Å²) in [7, 11) is -4.12. The molecule has 2 aromatic heterocycles. The first-order chi connectivity index (χ1) is 17.8. The quantitative estimate of drug-likeness (QED) is 0.201. The summed E-state index contributed by atoms with van der Waals surface area (Å²) in [5.41, 5.74) is 7.40. The minimum atomic E-state index is -4.12. The molecule has 5 atom stereocenters. The number of esters is 2. The molecule has 0 amide bonds. The van der Waals surface area contributed by atoms with Crippen LogP contribution in [-0.4, -0.2) is 69.0 Å². The molecule has 2 aliphatic rings. The van der Waals surface area contributed by atoms with E-state index in [9.17, 15) is 14.2 Å². The number of nitrogens with two attached hydrogens (primary N) is 1. The number of pyridine rings is 1. The van der Waals surface area contributed by atoms with Gasteiger partial charge in [-0.2, -0.15) is 0 Å². The van der Waals surface area contributed by atoms with Crippen molar-refractivity contribution in [2.45, 2.75) is 76.6 Å². The average molecular weight is 575 g/mol. The Hall–Kier alpha value is -2.28. The van der Waals surface area contributed by atoms with Gasteiger partial charge in [-0.1, -0.05) is 0 Å². The van der Waals surface area contributed by atoms with Crippen molar-refractivity contribution in [1.29, 1.82) is 0 Å². The fraction of sp³-hybridized carbons (Fsp3) is 0.652. The number of nitrogen functional groups attached to an aromatic ring is 1. The number of carbonyl (C=O) groups excluding carboxylic acids is 2. The number of anilines is 1. The Labute approximate surface area is 224 Å². The van der Waals surface area contributed by atoms with E-state index < -0.39 is 61.2 Å². The molecular weight excluding hydrogens is 543 g/mol. The number of rotatable bonds is 9. The average Bonchev–Trinajstić information content (AvgIpc) is 3.35. The van der Waals surface area contributed by atoms with Crippen LogP contribution in [0, 0.1) is 5.92 Å². The van der Waals surface area contributed by atoms with E-state index >= 15 is 0 Å². The van der Waals surface area contributed by atoms with Crippen LogP contribution in [0.4, 0.5) is 5.69 Å². The number of carbonyl (C=O) groups is 2. The summed E-state index contributed by atoms with van der Waals surface area (Å²) in [5.74, 6) is -2.80. The Balaban J connectivity index is 1.44. The van der Waals surface area contributed by atoms with E-state index in [1.165, 1.54) is 6.33 Å². The van der Waals surface area contributed by atoms with Gasteiger partial charge in [0.05, 0.1) is 37.4 Å². The number of phosphoric acid groups is 1. The third-order valence-corrected chi connectivity index (χ3v) is 7.84. The molecule has 2 saturated heterocycles. The van der Waals surface area contributed by atoms with Crippen LogP contribution in [0.2, 0.25) is 0 Å². The van der Waals surface area contributed by atoms with Gasteiger partial charge in [-0.25, -0.2) is 14.5 Å². The number of nitrogens with zero attached hydrogens (tertiary/aromatic N) is 3. The highest BCUT2D eigenvalue weighted by molar-refractivity contribution is 7.48. The standard InChI is InChI=1S/C23H32ClN4O9P/c1-12(2)34-20(29)14(21(30)35-13(3)4)7-9-32-38(31)33-10-16-18(37-38)23(5,24)22(36-16)28-11-27-17-15(25)6-8-26-19(17)28/h6,8,11-14,16,18,22H,7,9-10H2,1-5H3,(H2,25,26)/t16-,18-,22-,23-,38-/m1/s1. The minimum absolute atomic E-state index is 0.128.